The van der Waals surface area contributed by atoms with Crippen LogP contribution in [0.2, 0.25) is 0 Å². The fraction of sp³-hybridized carbons (Fsp3) is 0.700. The Kier molecular flexibility index (Phi) is 3.09. The fourth-order valence-electron chi connectivity index (χ4n) is 2.07. The molecular formula is C10H17NO2. The first-order valence-electron chi connectivity index (χ1n) is 4.63. The van der Waals surface area contributed by atoms with E-state index in [1.54, 1.807) is 6.08 Å². The molecule has 0 spiro atoms. The van der Waals surface area contributed by atoms with Gasteiger partial charge in [0.25, 0.3) is 0 Å². The van der Waals surface area contributed by atoms with Gasteiger partial charge in [-0.3, -0.25) is 4.79 Å². The van der Waals surface area contributed by atoms with E-state index in [4.69, 9.17) is 5.11 Å². The van der Waals surface area contributed by atoms with Crippen molar-refractivity contribution in [1.82, 2.24) is 4.90 Å². The SMILES string of the molecule is C=CCC1(C(=O)O)CCCN(C)C1. The normalized spacial score (nSPS) is 29.9. The summed E-state index contributed by atoms with van der Waals surface area (Å²) in [5, 5.41) is 9.16. The first kappa shape index (κ1) is 10.3. The molecule has 3 nitrogen and oxygen atoms in total. The smallest absolute Gasteiger partial charge is 0.311 e. The second-order valence-corrected chi connectivity index (χ2v) is 3.92. The Morgan fingerprint density at radius 2 is 2.46 bits per heavy atom. The van der Waals surface area contributed by atoms with E-state index in [-0.39, 0.29) is 0 Å². The van der Waals surface area contributed by atoms with Crippen molar-refractivity contribution in [2.45, 2.75) is 19.3 Å². The molecule has 0 radical (unpaired) electrons. The number of hydrogen-bond donors (Lipinski definition) is 1. The average Bonchev–Trinajstić information content (AvgIpc) is 2.04. The van der Waals surface area contributed by atoms with Crippen LogP contribution >= 0.6 is 0 Å². The summed E-state index contributed by atoms with van der Waals surface area (Å²) in [4.78, 5) is 13.2. The molecule has 0 aromatic heterocycles. The first-order valence-corrected chi connectivity index (χ1v) is 4.63. The molecule has 1 unspecified atom stereocenters. The summed E-state index contributed by atoms with van der Waals surface area (Å²) in [7, 11) is 1.97. The molecule has 0 bridgehead atoms. The second-order valence-electron chi connectivity index (χ2n) is 3.92. The summed E-state index contributed by atoms with van der Waals surface area (Å²) in [5.74, 6) is -0.682. The van der Waals surface area contributed by atoms with Crippen LogP contribution in [0.15, 0.2) is 12.7 Å². The molecule has 0 aromatic carbocycles. The number of likely N-dealkylation sites (tertiary alicyclic amines) is 1. The monoisotopic (exact) mass is 183 g/mol. The summed E-state index contributed by atoms with van der Waals surface area (Å²) >= 11 is 0. The number of carboxylic acids is 1. The Bertz CT molecular complexity index is 215. The maximum atomic E-state index is 11.1. The number of aliphatic carboxylic acids is 1. The highest BCUT2D eigenvalue weighted by Crippen LogP contribution is 2.33. The minimum atomic E-state index is -0.682. The molecule has 0 aromatic rings. The molecule has 0 aliphatic carbocycles. The van der Waals surface area contributed by atoms with Crippen molar-refractivity contribution in [2.75, 3.05) is 20.1 Å². The number of carboxylic acid groups (broad SMARTS) is 1. The Morgan fingerprint density at radius 3 is 2.92 bits per heavy atom. The van der Waals surface area contributed by atoms with E-state index < -0.39 is 11.4 Å². The predicted octanol–water partition coefficient (Wildman–Crippen LogP) is 1.36. The van der Waals surface area contributed by atoms with E-state index in [1.807, 2.05) is 7.05 Å². The first-order chi connectivity index (χ1) is 6.10. The third-order valence-electron chi connectivity index (χ3n) is 2.76. The van der Waals surface area contributed by atoms with Crippen LogP contribution in [0.4, 0.5) is 0 Å². The number of rotatable bonds is 3. The van der Waals surface area contributed by atoms with E-state index in [9.17, 15) is 4.79 Å². The largest absolute Gasteiger partial charge is 0.481 e. The lowest BCUT2D eigenvalue weighted by Crippen LogP contribution is -2.45. The molecule has 1 atom stereocenters. The van der Waals surface area contributed by atoms with Gasteiger partial charge in [0.2, 0.25) is 0 Å². The lowest BCUT2D eigenvalue weighted by Gasteiger charge is -2.37. The summed E-state index contributed by atoms with van der Waals surface area (Å²) in [6.07, 6.45) is 4.04. The van der Waals surface area contributed by atoms with Crippen LogP contribution in [0.5, 0.6) is 0 Å². The van der Waals surface area contributed by atoms with Crippen LogP contribution in [0, 0.1) is 5.41 Å². The van der Waals surface area contributed by atoms with Gasteiger partial charge in [-0.05, 0) is 32.9 Å². The van der Waals surface area contributed by atoms with Crippen LogP contribution in [0.1, 0.15) is 19.3 Å². The zero-order valence-electron chi connectivity index (χ0n) is 8.12. The van der Waals surface area contributed by atoms with Crippen LogP contribution in [0.25, 0.3) is 0 Å². The fourth-order valence-corrected chi connectivity index (χ4v) is 2.07. The molecular weight excluding hydrogens is 166 g/mol. The maximum absolute atomic E-state index is 11.1. The zero-order chi connectivity index (χ0) is 9.90. The van der Waals surface area contributed by atoms with Crippen LogP contribution < -0.4 is 0 Å². The van der Waals surface area contributed by atoms with Crippen molar-refractivity contribution in [3.8, 4) is 0 Å². The van der Waals surface area contributed by atoms with Crippen molar-refractivity contribution in [2.24, 2.45) is 5.41 Å². The Hall–Kier alpha value is -0.830. The molecule has 1 rings (SSSR count). The molecule has 3 heteroatoms. The highest BCUT2D eigenvalue weighted by molar-refractivity contribution is 5.75. The van der Waals surface area contributed by atoms with E-state index in [1.165, 1.54) is 0 Å². The quantitative estimate of drug-likeness (QED) is 0.672. The predicted molar refractivity (Wildman–Crippen MR) is 51.6 cm³/mol. The minimum absolute atomic E-state index is 0.575. The van der Waals surface area contributed by atoms with Crippen LogP contribution in [-0.4, -0.2) is 36.1 Å². The van der Waals surface area contributed by atoms with Gasteiger partial charge in [-0.25, -0.2) is 0 Å². The van der Waals surface area contributed by atoms with E-state index in [2.05, 4.69) is 11.5 Å². The van der Waals surface area contributed by atoms with Gasteiger partial charge in [0.05, 0.1) is 5.41 Å². The van der Waals surface area contributed by atoms with Crippen molar-refractivity contribution >= 4 is 5.97 Å². The number of carbonyl (C=O) groups is 1. The molecule has 1 N–H and O–H groups in total. The zero-order valence-corrected chi connectivity index (χ0v) is 8.12. The van der Waals surface area contributed by atoms with Crippen molar-refractivity contribution in [3.63, 3.8) is 0 Å². The molecule has 1 heterocycles. The number of hydrogen-bond acceptors (Lipinski definition) is 2. The highest BCUT2D eigenvalue weighted by atomic mass is 16.4. The summed E-state index contributed by atoms with van der Waals surface area (Å²) < 4.78 is 0. The topological polar surface area (TPSA) is 40.5 Å². The van der Waals surface area contributed by atoms with Gasteiger partial charge >= 0.3 is 5.97 Å². The summed E-state index contributed by atoms with van der Waals surface area (Å²) in [5.41, 5.74) is -0.575. The molecule has 74 valence electrons. The average molecular weight is 183 g/mol. The minimum Gasteiger partial charge on any atom is -0.481 e. The van der Waals surface area contributed by atoms with Gasteiger partial charge < -0.3 is 10.0 Å². The van der Waals surface area contributed by atoms with E-state index >= 15 is 0 Å². The number of allylic oxidation sites excluding steroid dienone is 1. The van der Waals surface area contributed by atoms with Crippen molar-refractivity contribution < 1.29 is 9.90 Å². The molecule has 0 amide bonds. The van der Waals surface area contributed by atoms with Gasteiger partial charge in [-0.2, -0.15) is 0 Å². The summed E-state index contributed by atoms with van der Waals surface area (Å²) in [6.45, 7) is 5.28. The van der Waals surface area contributed by atoms with Crippen molar-refractivity contribution in [1.29, 1.82) is 0 Å². The molecule has 0 saturated carbocycles. The van der Waals surface area contributed by atoms with Crippen molar-refractivity contribution in [3.05, 3.63) is 12.7 Å². The standard InChI is InChI=1S/C10H17NO2/c1-3-5-10(9(12)13)6-4-7-11(2)8-10/h3H,1,4-8H2,2H3,(H,12,13). The van der Waals surface area contributed by atoms with E-state index in [0.29, 0.717) is 13.0 Å². The van der Waals surface area contributed by atoms with Crippen LogP contribution in [0.3, 0.4) is 0 Å². The van der Waals surface area contributed by atoms with E-state index in [0.717, 1.165) is 19.4 Å². The third-order valence-corrected chi connectivity index (χ3v) is 2.76. The van der Waals surface area contributed by atoms with Gasteiger partial charge in [0, 0.05) is 6.54 Å². The summed E-state index contributed by atoms with van der Waals surface area (Å²) in [6, 6.07) is 0. The molecule has 13 heavy (non-hydrogen) atoms. The number of nitrogens with zero attached hydrogens (tertiary/aromatic N) is 1. The highest BCUT2D eigenvalue weighted by Gasteiger charge is 2.40. The Morgan fingerprint density at radius 1 is 1.77 bits per heavy atom. The lowest BCUT2D eigenvalue weighted by atomic mass is 9.77. The Balaban J connectivity index is 2.76. The molecule has 1 aliphatic heterocycles. The van der Waals surface area contributed by atoms with Gasteiger partial charge in [-0.1, -0.05) is 6.08 Å². The van der Waals surface area contributed by atoms with Gasteiger partial charge in [0.1, 0.15) is 0 Å². The van der Waals surface area contributed by atoms with Crippen LogP contribution in [-0.2, 0) is 4.79 Å². The second kappa shape index (κ2) is 3.92. The Labute approximate surface area is 79.0 Å². The van der Waals surface area contributed by atoms with Gasteiger partial charge in [0.15, 0.2) is 0 Å². The molecule has 1 saturated heterocycles. The lowest BCUT2D eigenvalue weighted by molar-refractivity contribution is -0.152. The van der Waals surface area contributed by atoms with Gasteiger partial charge in [-0.15, -0.1) is 6.58 Å². The maximum Gasteiger partial charge on any atom is 0.311 e. The number of piperidine rings is 1. The molecule has 1 aliphatic rings. The molecule has 1 fully saturated rings. The third kappa shape index (κ3) is 2.10.